The number of rotatable bonds is 5. The molecular formula is C7H13N3OS. The second-order valence-electron chi connectivity index (χ2n) is 2.28. The van der Waals surface area contributed by atoms with Crippen LogP contribution in [0, 0.1) is 0 Å². The maximum absolute atomic E-state index is 5.31. The molecule has 0 unspecified atom stereocenters. The van der Waals surface area contributed by atoms with Gasteiger partial charge in [-0.25, -0.2) is 0 Å². The van der Waals surface area contributed by atoms with Crippen molar-refractivity contribution in [1.82, 2.24) is 14.7 Å². The zero-order valence-corrected chi connectivity index (χ0v) is 8.15. The van der Waals surface area contributed by atoms with Crippen molar-refractivity contribution in [3.63, 3.8) is 0 Å². The van der Waals surface area contributed by atoms with Crippen molar-refractivity contribution in [2.45, 2.75) is 13.3 Å². The van der Waals surface area contributed by atoms with Crippen LogP contribution in [0.1, 0.15) is 12.7 Å². The molecule has 1 rings (SSSR count). The molecule has 0 fully saturated rings. The molecule has 4 nitrogen and oxygen atoms in total. The summed E-state index contributed by atoms with van der Waals surface area (Å²) in [6, 6.07) is 0. The smallest absolute Gasteiger partial charge is 0.293 e. The lowest BCUT2D eigenvalue weighted by molar-refractivity contribution is 0.316. The fraction of sp³-hybridized carbons (Fsp3) is 0.714. The van der Waals surface area contributed by atoms with Crippen molar-refractivity contribution in [2.75, 3.05) is 20.2 Å². The maximum atomic E-state index is 5.31. The van der Waals surface area contributed by atoms with E-state index in [1.54, 1.807) is 0 Å². The predicted molar refractivity (Wildman–Crippen MR) is 48.7 cm³/mol. The van der Waals surface area contributed by atoms with Gasteiger partial charge in [0.15, 0.2) is 0 Å². The van der Waals surface area contributed by atoms with Gasteiger partial charge in [0.2, 0.25) is 0 Å². The second kappa shape index (κ2) is 5.05. The highest BCUT2D eigenvalue weighted by Crippen LogP contribution is 2.13. The SMILES string of the molecule is CCc1nsc(OCCNC)n1. The van der Waals surface area contributed by atoms with Crippen LogP contribution >= 0.6 is 11.5 Å². The van der Waals surface area contributed by atoms with Crippen molar-refractivity contribution in [3.8, 4) is 5.19 Å². The second-order valence-corrected chi connectivity index (χ2v) is 3.00. The molecule has 1 N–H and O–H groups in total. The van der Waals surface area contributed by atoms with Gasteiger partial charge in [-0.3, -0.25) is 0 Å². The van der Waals surface area contributed by atoms with Gasteiger partial charge in [0.25, 0.3) is 5.19 Å². The predicted octanol–water partition coefficient (Wildman–Crippen LogP) is 0.699. The van der Waals surface area contributed by atoms with Crippen LogP contribution in [-0.4, -0.2) is 29.6 Å². The summed E-state index contributed by atoms with van der Waals surface area (Å²) in [6.45, 7) is 3.51. The van der Waals surface area contributed by atoms with Gasteiger partial charge >= 0.3 is 0 Å². The van der Waals surface area contributed by atoms with Crippen LogP contribution in [0.5, 0.6) is 5.19 Å². The summed E-state index contributed by atoms with van der Waals surface area (Å²) in [7, 11) is 1.89. The molecule has 68 valence electrons. The Hall–Kier alpha value is -0.680. The van der Waals surface area contributed by atoms with E-state index in [0.717, 1.165) is 18.8 Å². The third kappa shape index (κ3) is 2.75. The number of hydrogen-bond donors (Lipinski definition) is 1. The average molecular weight is 187 g/mol. The Labute approximate surface area is 76.1 Å². The third-order valence-electron chi connectivity index (χ3n) is 1.34. The first-order chi connectivity index (χ1) is 5.86. The number of aromatic nitrogens is 2. The summed E-state index contributed by atoms with van der Waals surface area (Å²) in [4.78, 5) is 4.16. The van der Waals surface area contributed by atoms with Gasteiger partial charge in [0.05, 0.1) is 0 Å². The van der Waals surface area contributed by atoms with E-state index >= 15 is 0 Å². The van der Waals surface area contributed by atoms with E-state index in [1.165, 1.54) is 11.5 Å². The van der Waals surface area contributed by atoms with Gasteiger partial charge in [0.1, 0.15) is 12.4 Å². The molecule has 12 heavy (non-hydrogen) atoms. The fourth-order valence-corrected chi connectivity index (χ4v) is 1.32. The van der Waals surface area contributed by atoms with Crippen LogP contribution in [0.2, 0.25) is 0 Å². The highest BCUT2D eigenvalue weighted by Gasteiger charge is 2.01. The van der Waals surface area contributed by atoms with Crippen molar-refractivity contribution >= 4 is 11.5 Å². The number of likely N-dealkylation sites (N-methyl/N-ethyl adjacent to an activating group) is 1. The average Bonchev–Trinajstić information content (AvgIpc) is 2.53. The van der Waals surface area contributed by atoms with E-state index < -0.39 is 0 Å². The van der Waals surface area contributed by atoms with E-state index in [4.69, 9.17) is 4.74 Å². The molecule has 0 saturated heterocycles. The Bertz CT molecular complexity index is 226. The quantitative estimate of drug-likeness (QED) is 0.689. The highest BCUT2D eigenvalue weighted by atomic mass is 32.1. The van der Waals surface area contributed by atoms with E-state index in [0.29, 0.717) is 11.8 Å². The van der Waals surface area contributed by atoms with Crippen LogP contribution in [-0.2, 0) is 6.42 Å². The number of ether oxygens (including phenoxy) is 1. The van der Waals surface area contributed by atoms with Crippen LogP contribution in [0.4, 0.5) is 0 Å². The van der Waals surface area contributed by atoms with Gasteiger partial charge in [-0.15, -0.1) is 0 Å². The summed E-state index contributed by atoms with van der Waals surface area (Å²) >= 11 is 1.31. The van der Waals surface area contributed by atoms with E-state index in [-0.39, 0.29) is 0 Å². The minimum absolute atomic E-state index is 0.648. The number of aryl methyl sites for hydroxylation is 1. The minimum Gasteiger partial charge on any atom is -0.468 e. The summed E-state index contributed by atoms with van der Waals surface area (Å²) in [5.41, 5.74) is 0. The van der Waals surface area contributed by atoms with Crippen molar-refractivity contribution in [1.29, 1.82) is 0 Å². The standard InChI is InChI=1S/C7H13N3OS/c1-3-6-9-7(12-10-6)11-5-4-8-2/h8H,3-5H2,1-2H3. The first-order valence-corrected chi connectivity index (χ1v) is 4.74. The van der Waals surface area contributed by atoms with E-state index in [2.05, 4.69) is 14.7 Å². The van der Waals surface area contributed by atoms with Crippen LogP contribution in [0.25, 0.3) is 0 Å². The minimum atomic E-state index is 0.648. The molecule has 0 aromatic carbocycles. The molecule has 0 saturated carbocycles. The first-order valence-electron chi connectivity index (χ1n) is 3.96. The first kappa shape index (κ1) is 9.41. The lowest BCUT2D eigenvalue weighted by atomic mass is 10.5. The van der Waals surface area contributed by atoms with Crippen LogP contribution < -0.4 is 10.1 Å². The zero-order chi connectivity index (χ0) is 8.81. The highest BCUT2D eigenvalue weighted by molar-refractivity contribution is 7.07. The molecule has 0 aliphatic heterocycles. The van der Waals surface area contributed by atoms with Gasteiger partial charge < -0.3 is 10.1 Å². The Kier molecular flexibility index (Phi) is 3.96. The van der Waals surface area contributed by atoms with Crippen molar-refractivity contribution < 1.29 is 4.74 Å². The summed E-state index contributed by atoms with van der Waals surface area (Å²) < 4.78 is 9.41. The topological polar surface area (TPSA) is 47.0 Å². The van der Waals surface area contributed by atoms with E-state index in [1.807, 2.05) is 14.0 Å². The zero-order valence-electron chi connectivity index (χ0n) is 7.33. The molecule has 0 aliphatic rings. The number of nitrogens with zero attached hydrogens (tertiary/aromatic N) is 2. The Balaban J connectivity index is 2.31. The maximum Gasteiger partial charge on any atom is 0.293 e. The summed E-state index contributed by atoms with van der Waals surface area (Å²) in [6.07, 6.45) is 0.867. The van der Waals surface area contributed by atoms with Gasteiger partial charge in [-0.2, -0.15) is 9.36 Å². The fourth-order valence-electron chi connectivity index (χ4n) is 0.681. The largest absolute Gasteiger partial charge is 0.468 e. The molecule has 0 atom stereocenters. The normalized spacial score (nSPS) is 10.2. The molecule has 5 heteroatoms. The van der Waals surface area contributed by atoms with Gasteiger partial charge in [-0.1, -0.05) is 6.92 Å². The molecule has 0 spiro atoms. The monoisotopic (exact) mass is 187 g/mol. The Morgan fingerprint density at radius 2 is 2.42 bits per heavy atom. The molecule has 0 aliphatic carbocycles. The molecule has 1 aromatic heterocycles. The van der Waals surface area contributed by atoms with Crippen molar-refractivity contribution in [2.24, 2.45) is 0 Å². The third-order valence-corrected chi connectivity index (χ3v) is 2.01. The summed E-state index contributed by atoms with van der Waals surface area (Å²) in [5, 5.41) is 3.66. The lowest BCUT2D eigenvalue weighted by Crippen LogP contribution is -2.15. The lowest BCUT2D eigenvalue weighted by Gasteiger charge is -1.98. The summed E-state index contributed by atoms with van der Waals surface area (Å²) in [5.74, 6) is 0.861. The molecular weight excluding hydrogens is 174 g/mol. The van der Waals surface area contributed by atoms with Crippen LogP contribution in [0.3, 0.4) is 0 Å². The van der Waals surface area contributed by atoms with E-state index in [9.17, 15) is 0 Å². The van der Waals surface area contributed by atoms with Gasteiger partial charge in [0, 0.05) is 24.5 Å². The van der Waals surface area contributed by atoms with Crippen molar-refractivity contribution in [3.05, 3.63) is 5.82 Å². The molecule has 0 amide bonds. The Morgan fingerprint density at radius 3 is 3.00 bits per heavy atom. The molecule has 1 aromatic rings. The molecule has 1 heterocycles. The molecule has 0 bridgehead atoms. The number of hydrogen-bond acceptors (Lipinski definition) is 5. The molecule has 0 radical (unpaired) electrons. The van der Waals surface area contributed by atoms with Gasteiger partial charge in [-0.05, 0) is 7.05 Å². The van der Waals surface area contributed by atoms with Crippen LogP contribution in [0.15, 0.2) is 0 Å². The Morgan fingerprint density at radius 1 is 1.58 bits per heavy atom. The number of nitrogens with one attached hydrogen (secondary N) is 1.